The van der Waals surface area contributed by atoms with Crippen LogP contribution < -0.4 is 5.32 Å². The van der Waals surface area contributed by atoms with E-state index in [1.807, 2.05) is 0 Å². The Morgan fingerprint density at radius 3 is 2.80 bits per heavy atom. The van der Waals surface area contributed by atoms with Gasteiger partial charge in [-0.3, -0.25) is 5.32 Å². The molecule has 1 atom stereocenters. The second-order valence-electron chi connectivity index (χ2n) is 5.59. The van der Waals surface area contributed by atoms with Crippen LogP contribution in [0, 0.1) is 0 Å². The largest absolute Gasteiger partial charge is 0.356 e. The number of fused-ring (bicyclic) bond motifs is 1. The molecule has 0 aromatic heterocycles. The summed E-state index contributed by atoms with van der Waals surface area (Å²) in [5.74, 6) is 0. The van der Waals surface area contributed by atoms with Crippen LogP contribution in [0.5, 0.6) is 0 Å². The van der Waals surface area contributed by atoms with E-state index in [-0.39, 0.29) is 5.72 Å². The summed E-state index contributed by atoms with van der Waals surface area (Å²) in [6, 6.07) is 15.1. The third-order valence-electron chi connectivity index (χ3n) is 4.19. The first-order valence-electron chi connectivity index (χ1n) is 7.73. The van der Waals surface area contributed by atoms with E-state index in [0.29, 0.717) is 0 Å². The van der Waals surface area contributed by atoms with Gasteiger partial charge in [0.2, 0.25) is 0 Å². The van der Waals surface area contributed by atoms with E-state index in [4.69, 9.17) is 4.74 Å². The lowest BCUT2D eigenvalue weighted by Crippen LogP contribution is -2.40. The number of ether oxygens (including phenoxy) is 1. The predicted octanol–water partition coefficient (Wildman–Crippen LogP) is 4.19. The lowest BCUT2D eigenvalue weighted by atomic mass is 9.94. The lowest BCUT2D eigenvalue weighted by molar-refractivity contribution is -0.0632. The number of rotatable bonds is 5. The number of nitrogens with one attached hydrogen (secondary N) is 1. The van der Waals surface area contributed by atoms with Gasteiger partial charge in [0.05, 0.1) is 0 Å². The number of benzene rings is 2. The Labute approximate surface area is 121 Å². The molecule has 0 saturated carbocycles. The summed E-state index contributed by atoms with van der Waals surface area (Å²) < 4.78 is 6.31. The van der Waals surface area contributed by atoms with Gasteiger partial charge in [-0.05, 0) is 36.6 Å². The van der Waals surface area contributed by atoms with Gasteiger partial charge in [-0.1, -0.05) is 55.8 Å². The first kappa shape index (κ1) is 13.6. The van der Waals surface area contributed by atoms with Gasteiger partial charge < -0.3 is 4.74 Å². The molecule has 1 fully saturated rings. The van der Waals surface area contributed by atoms with Crippen molar-refractivity contribution in [2.75, 3.05) is 13.2 Å². The van der Waals surface area contributed by atoms with Crippen molar-refractivity contribution in [2.24, 2.45) is 0 Å². The highest BCUT2D eigenvalue weighted by Crippen LogP contribution is 2.36. The second-order valence-corrected chi connectivity index (χ2v) is 5.59. The Morgan fingerprint density at radius 1 is 1.15 bits per heavy atom. The fourth-order valence-electron chi connectivity index (χ4n) is 3.12. The zero-order chi connectivity index (χ0) is 13.8. The van der Waals surface area contributed by atoms with Crippen LogP contribution in [-0.2, 0) is 10.5 Å². The standard InChI is InChI=1S/C18H23NO/c1-2-3-14-20-18(12-7-13-19-18)17-11-6-9-15-8-4-5-10-16(15)17/h4-6,8-11,19H,2-3,7,12-14H2,1H3. The van der Waals surface area contributed by atoms with E-state index >= 15 is 0 Å². The van der Waals surface area contributed by atoms with Crippen molar-refractivity contribution in [1.29, 1.82) is 0 Å². The van der Waals surface area contributed by atoms with Gasteiger partial charge in [0.1, 0.15) is 5.72 Å². The van der Waals surface area contributed by atoms with Crippen molar-refractivity contribution >= 4 is 10.8 Å². The van der Waals surface area contributed by atoms with Gasteiger partial charge >= 0.3 is 0 Å². The third-order valence-corrected chi connectivity index (χ3v) is 4.19. The molecule has 1 aliphatic rings. The van der Waals surface area contributed by atoms with E-state index in [1.165, 1.54) is 29.2 Å². The van der Waals surface area contributed by atoms with Crippen LogP contribution in [0.4, 0.5) is 0 Å². The fourth-order valence-corrected chi connectivity index (χ4v) is 3.12. The summed E-state index contributed by atoms with van der Waals surface area (Å²) in [5, 5.41) is 6.21. The highest BCUT2D eigenvalue weighted by molar-refractivity contribution is 5.86. The topological polar surface area (TPSA) is 21.3 Å². The SMILES string of the molecule is CCCCOC1(c2cccc3ccccc23)CCCN1. The monoisotopic (exact) mass is 269 g/mol. The van der Waals surface area contributed by atoms with Gasteiger partial charge in [0, 0.05) is 12.2 Å². The molecule has 1 unspecified atom stereocenters. The molecule has 0 spiro atoms. The number of unbranched alkanes of at least 4 members (excludes halogenated alkanes) is 1. The van der Waals surface area contributed by atoms with Crippen molar-refractivity contribution in [3.8, 4) is 0 Å². The number of hydrogen-bond acceptors (Lipinski definition) is 2. The van der Waals surface area contributed by atoms with Crippen LogP contribution in [-0.4, -0.2) is 13.2 Å². The fraction of sp³-hybridized carbons (Fsp3) is 0.444. The van der Waals surface area contributed by atoms with Crippen LogP contribution in [0.25, 0.3) is 10.8 Å². The molecule has 2 aromatic carbocycles. The molecule has 2 nitrogen and oxygen atoms in total. The van der Waals surface area contributed by atoms with Gasteiger partial charge in [0.15, 0.2) is 0 Å². The quantitative estimate of drug-likeness (QED) is 0.822. The highest BCUT2D eigenvalue weighted by Gasteiger charge is 2.37. The van der Waals surface area contributed by atoms with Crippen LogP contribution in [0.15, 0.2) is 42.5 Å². The smallest absolute Gasteiger partial charge is 0.145 e. The van der Waals surface area contributed by atoms with E-state index < -0.39 is 0 Å². The van der Waals surface area contributed by atoms with Crippen LogP contribution in [0.1, 0.15) is 38.2 Å². The van der Waals surface area contributed by atoms with Crippen LogP contribution in [0.2, 0.25) is 0 Å². The average Bonchev–Trinajstić information content (AvgIpc) is 2.97. The van der Waals surface area contributed by atoms with Crippen LogP contribution in [0.3, 0.4) is 0 Å². The van der Waals surface area contributed by atoms with E-state index in [9.17, 15) is 0 Å². The Morgan fingerprint density at radius 2 is 2.00 bits per heavy atom. The zero-order valence-corrected chi connectivity index (χ0v) is 12.2. The minimum atomic E-state index is -0.282. The van der Waals surface area contributed by atoms with Gasteiger partial charge in [-0.25, -0.2) is 0 Å². The van der Waals surface area contributed by atoms with Gasteiger partial charge in [0.25, 0.3) is 0 Å². The molecule has 1 saturated heterocycles. The summed E-state index contributed by atoms with van der Waals surface area (Å²) >= 11 is 0. The molecule has 20 heavy (non-hydrogen) atoms. The molecule has 2 heteroatoms. The van der Waals surface area contributed by atoms with E-state index in [2.05, 4.69) is 54.7 Å². The molecular weight excluding hydrogens is 246 g/mol. The molecular formula is C18H23NO. The molecule has 1 aliphatic heterocycles. The van der Waals surface area contributed by atoms with Crippen LogP contribution >= 0.6 is 0 Å². The molecule has 106 valence electrons. The maximum Gasteiger partial charge on any atom is 0.145 e. The molecule has 0 radical (unpaired) electrons. The summed E-state index contributed by atoms with van der Waals surface area (Å²) in [7, 11) is 0. The Bertz CT molecular complexity index is 567. The molecule has 2 aromatic rings. The maximum atomic E-state index is 6.31. The van der Waals surface area contributed by atoms with Gasteiger partial charge in [-0.2, -0.15) is 0 Å². The van der Waals surface area contributed by atoms with E-state index in [0.717, 1.165) is 26.0 Å². The van der Waals surface area contributed by atoms with Gasteiger partial charge in [-0.15, -0.1) is 0 Å². The third kappa shape index (κ3) is 2.46. The average molecular weight is 269 g/mol. The minimum Gasteiger partial charge on any atom is -0.356 e. The summed E-state index contributed by atoms with van der Waals surface area (Å²) in [6.45, 7) is 4.07. The summed E-state index contributed by atoms with van der Waals surface area (Å²) in [4.78, 5) is 0. The van der Waals surface area contributed by atoms with Crippen molar-refractivity contribution in [1.82, 2.24) is 5.32 Å². The van der Waals surface area contributed by atoms with E-state index in [1.54, 1.807) is 0 Å². The first-order chi connectivity index (χ1) is 9.86. The molecule has 0 amide bonds. The summed E-state index contributed by atoms with van der Waals surface area (Å²) in [5.41, 5.74) is 1.01. The molecule has 1 heterocycles. The maximum absolute atomic E-state index is 6.31. The predicted molar refractivity (Wildman–Crippen MR) is 83.7 cm³/mol. The first-order valence-corrected chi connectivity index (χ1v) is 7.73. The van der Waals surface area contributed by atoms with Crippen molar-refractivity contribution in [3.05, 3.63) is 48.0 Å². The van der Waals surface area contributed by atoms with Crippen molar-refractivity contribution < 1.29 is 4.74 Å². The minimum absolute atomic E-state index is 0.282. The molecule has 3 rings (SSSR count). The second kappa shape index (κ2) is 5.94. The summed E-state index contributed by atoms with van der Waals surface area (Å²) in [6.07, 6.45) is 4.53. The van der Waals surface area contributed by atoms with Crippen molar-refractivity contribution in [2.45, 2.75) is 38.3 Å². The Kier molecular flexibility index (Phi) is 4.04. The molecule has 1 N–H and O–H groups in total. The normalized spacial score (nSPS) is 22.4. The Hall–Kier alpha value is -1.38. The van der Waals surface area contributed by atoms with Crippen molar-refractivity contribution in [3.63, 3.8) is 0 Å². The number of hydrogen-bond donors (Lipinski definition) is 1. The highest BCUT2D eigenvalue weighted by atomic mass is 16.5. The molecule has 0 bridgehead atoms. The Balaban J connectivity index is 2.01. The zero-order valence-electron chi connectivity index (χ0n) is 12.2. The lowest BCUT2D eigenvalue weighted by Gasteiger charge is -2.31. The molecule has 0 aliphatic carbocycles.